The fourth-order valence-corrected chi connectivity index (χ4v) is 1.03. The fraction of sp³-hybridized carbons (Fsp3) is 0.400. The zero-order valence-electron chi connectivity index (χ0n) is 8.62. The molecule has 5 heteroatoms. The molecule has 1 amide bonds. The molecule has 0 saturated heterocycles. The van der Waals surface area contributed by atoms with Crippen LogP contribution in [0.15, 0.2) is 18.3 Å². The van der Waals surface area contributed by atoms with Crippen LogP contribution in [0, 0.1) is 0 Å². The van der Waals surface area contributed by atoms with Crippen LogP contribution < -0.4 is 5.32 Å². The van der Waals surface area contributed by atoms with E-state index in [2.05, 4.69) is 10.3 Å². The molecule has 1 heterocycles. The number of rotatable bonds is 3. The largest absolute Gasteiger partial charge is 0.394 e. The van der Waals surface area contributed by atoms with Crippen molar-refractivity contribution in [1.82, 2.24) is 10.3 Å². The van der Waals surface area contributed by atoms with Crippen LogP contribution >= 0.6 is 11.6 Å². The van der Waals surface area contributed by atoms with E-state index in [0.29, 0.717) is 5.02 Å². The molecule has 15 heavy (non-hydrogen) atoms. The second kappa shape index (κ2) is 4.59. The van der Waals surface area contributed by atoms with Gasteiger partial charge in [-0.2, -0.15) is 0 Å². The van der Waals surface area contributed by atoms with Crippen LogP contribution in [0.4, 0.5) is 0 Å². The van der Waals surface area contributed by atoms with Gasteiger partial charge < -0.3 is 10.4 Å². The average molecular weight is 229 g/mol. The van der Waals surface area contributed by atoms with Gasteiger partial charge in [0.15, 0.2) is 0 Å². The Morgan fingerprint density at radius 2 is 2.27 bits per heavy atom. The molecule has 0 unspecified atom stereocenters. The molecule has 2 N–H and O–H groups in total. The minimum absolute atomic E-state index is 0.133. The maximum absolute atomic E-state index is 11.6. The minimum Gasteiger partial charge on any atom is -0.394 e. The molecule has 0 aromatic carbocycles. The van der Waals surface area contributed by atoms with Gasteiger partial charge in [-0.15, -0.1) is 0 Å². The highest BCUT2D eigenvalue weighted by Gasteiger charge is 2.20. The van der Waals surface area contributed by atoms with Crippen molar-refractivity contribution in [2.24, 2.45) is 0 Å². The third kappa shape index (κ3) is 3.49. The van der Waals surface area contributed by atoms with E-state index in [1.54, 1.807) is 19.9 Å². The maximum atomic E-state index is 11.6. The van der Waals surface area contributed by atoms with Crippen molar-refractivity contribution in [2.45, 2.75) is 19.4 Å². The molecule has 0 aliphatic carbocycles. The monoisotopic (exact) mass is 228 g/mol. The molecule has 0 saturated carbocycles. The molecule has 1 rings (SSSR count). The lowest BCUT2D eigenvalue weighted by atomic mass is 10.1. The molecule has 1 aromatic rings. The molecular formula is C10H13ClN2O2. The van der Waals surface area contributed by atoms with Crippen molar-refractivity contribution in [3.8, 4) is 0 Å². The summed E-state index contributed by atoms with van der Waals surface area (Å²) < 4.78 is 0. The molecule has 0 radical (unpaired) electrons. The van der Waals surface area contributed by atoms with Gasteiger partial charge >= 0.3 is 0 Å². The van der Waals surface area contributed by atoms with E-state index < -0.39 is 5.54 Å². The summed E-state index contributed by atoms with van der Waals surface area (Å²) in [4.78, 5) is 15.5. The summed E-state index contributed by atoms with van der Waals surface area (Å²) in [5.41, 5.74) is -0.376. The van der Waals surface area contributed by atoms with E-state index in [0.717, 1.165) is 0 Å². The highest BCUT2D eigenvalue weighted by Crippen LogP contribution is 2.07. The van der Waals surface area contributed by atoms with E-state index in [4.69, 9.17) is 16.7 Å². The van der Waals surface area contributed by atoms with E-state index in [1.165, 1.54) is 12.3 Å². The molecule has 0 fully saturated rings. The Hall–Kier alpha value is -1.13. The number of pyridine rings is 1. The van der Waals surface area contributed by atoms with Crippen molar-refractivity contribution in [1.29, 1.82) is 0 Å². The van der Waals surface area contributed by atoms with Crippen molar-refractivity contribution in [3.05, 3.63) is 29.0 Å². The number of carbonyl (C=O) groups is 1. The van der Waals surface area contributed by atoms with Gasteiger partial charge in [0.2, 0.25) is 0 Å². The smallest absolute Gasteiger partial charge is 0.270 e. The van der Waals surface area contributed by atoms with Crippen LogP contribution in [-0.2, 0) is 0 Å². The number of carbonyl (C=O) groups excluding carboxylic acids is 1. The van der Waals surface area contributed by atoms with Crippen LogP contribution in [0.2, 0.25) is 5.02 Å². The van der Waals surface area contributed by atoms with Gasteiger partial charge in [-0.1, -0.05) is 11.6 Å². The first-order valence-electron chi connectivity index (χ1n) is 4.49. The first-order valence-corrected chi connectivity index (χ1v) is 4.87. The fourth-order valence-electron chi connectivity index (χ4n) is 0.921. The molecule has 0 aliphatic rings. The summed E-state index contributed by atoms with van der Waals surface area (Å²) >= 11 is 5.64. The first-order chi connectivity index (χ1) is 6.94. The van der Waals surface area contributed by atoms with E-state index in [9.17, 15) is 4.79 Å². The number of amides is 1. The zero-order chi connectivity index (χ0) is 11.5. The van der Waals surface area contributed by atoms with Gasteiger partial charge in [0.1, 0.15) is 5.69 Å². The topological polar surface area (TPSA) is 62.2 Å². The first kappa shape index (κ1) is 11.9. The summed E-state index contributed by atoms with van der Waals surface area (Å²) in [6.45, 7) is 3.31. The van der Waals surface area contributed by atoms with Crippen molar-refractivity contribution in [2.75, 3.05) is 6.61 Å². The number of nitrogens with zero attached hydrogens (tertiary/aromatic N) is 1. The van der Waals surface area contributed by atoms with Crippen LogP contribution in [0.1, 0.15) is 24.3 Å². The van der Waals surface area contributed by atoms with E-state index in [1.807, 2.05) is 0 Å². The summed E-state index contributed by atoms with van der Waals surface area (Å²) in [7, 11) is 0. The standard InChI is InChI=1S/C10H13ClN2O2/c1-10(2,6-14)13-9(15)8-4-3-7(11)5-12-8/h3-5,14H,6H2,1-2H3,(H,13,15). The Kier molecular flexibility index (Phi) is 3.66. The minimum atomic E-state index is -0.654. The number of aromatic nitrogens is 1. The van der Waals surface area contributed by atoms with Crippen molar-refractivity contribution >= 4 is 17.5 Å². The second-order valence-electron chi connectivity index (χ2n) is 3.86. The third-order valence-corrected chi connectivity index (χ3v) is 2.03. The number of nitrogens with one attached hydrogen (secondary N) is 1. The normalized spacial score (nSPS) is 11.2. The van der Waals surface area contributed by atoms with Crippen molar-refractivity contribution < 1.29 is 9.90 Å². The molecule has 0 aliphatic heterocycles. The van der Waals surface area contributed by atoms with Gasteiger partial charge in [0.05, 0.1) is 17.2 Å². The van der Waals surface area contributed by atoms with Gasteiger partial charge in [0.25, 0.3) is 5.91 Å². The number of hydrogen-bond donors (Lipinski definition) is 2. The van der Waals surface area contributed by atoms with E-state index in [-0.39, 0.29) is 18.2 Å². The van der Waals surface area contributed by atoms with Gasteiger partial charge in [-0.05, 0) is 26.0 Å². The molecule has 0 atom stereocenters. The lowest BCUT2D eigenvalue weighted by molar-refractivity contribution is 0.0864. The highest BCUT2D eigenvalue weighted by molar-refractivity contribution is 6.30. The Balaban J connectivity index is 2.74. The predicted octanol–water partition coefficient (Wildman–Crippen LogP) is 1.24. The number of hydrogen-bond acceptors (Lipinski definition) is 3. The van der Waals surface area contributed by atoms with E-state index >= 15 is 0 Å². The average Bonchev–Trinajstić information content (AvgIpc) is 2.18. The molecule has 4 nitrogen and oxygen atoms in total. The quantitative estimate of drug-likeness (QED) is 0.818. The van der Waals surface area contributed by atoms with Crippen LogP contribution in [0.5, 0.6) is 0 Å². The molecule has 82 valence electrons. The molecule has 1 aromatic heterocycles. The highest BCUT2D eigenvalue weighted by atomic mass is 35.5. The van der Waals surface area contributed by atoms with Crippen LogP contribution in [-0.4, -0.2) is 28.1 Å². The Labute approximate surface area is 93.3 Å². The third-order valence-electron chi connectivity index (χ3n) is 1.81. The Morgan fingerprint density at radius 1 is 1.60 bits per heavy atom. The molecular weight excluding hydrogens is 216 g/mol. The summed E-state index contributed by atoms with van der Waals surface area (Å²) in [6, 6.07) is 3.13. The number of aliphatic hydroxyl groups is 1. The summed E-state index contributed by atoms with van der Waals surface area (Å²) in [5, 5.41) is 12.1. The maximum Gasteiger partial charge on any atom is 0.270 e. The number of halogens is 1. The summed E-state index contributed by atoms with van der Waals surface area (Å²) in [5.74, 6) is -0.328. The molecule has 0 bridgehead atoms. The Bertz CT molecular complexity index is 349. The molecule has 0 spiro atoms. The van der Waals surface area contributed by atoms with Crippen LogP contribution in [0.3, 0.4) is 0 Å². The van der Waals surface area contributed by atoms with Crippen LogP contribution in [0.25, 0.3) is 0 Å². The Morgan fingerprint density at radius 3 is 2.73 bits per heavy atom. The van der Waals surface area contributed by atoms with Crippen molar-refractivity contribution in [3.63, 3.8) is 0 Å². The lowest BCUT2D eigenvalue weighted by Crippen LogP contribution is -2.46. The predicted molar refractivity (Wildman–Crippen MR) is 57.9 cm³/mol. The van der Waals surface area contributed by atoms with Gasteiger partial charge in [-0.3, -0.25) is 4.79 Å². The van der Waals surface area contributed by atoms with Gasteiger partial charge in [0, 0.05) is 6.20 Å². The summed E-state index contributed by atoms with van der Waals surface area (Å²) in [6.07, 6.45) is 1.41. The van der Waals surface area contributed by atoms with Gasteiger partial charge in [-0.25, -0.2) is 4.98 Å². The number of aliphatic hydroxyl groups excluding tert-OH is 1. The zero-order valence-corrected chi connectivity index (χ0v) is 9.38. The SMILES string of the molecule is CC(C)(CO)NC(=O)c1ccc(Cl)cn1. The lowest BCUT2D eigenvalue weighted by Gasteiger charge is -2.23. The second-order valence-corrected chi connectivity index (χ2v) is 4.29.